The number of carbonyl (C=O) groups is 1. The molecule has 1 atom stereocenters. The minimum atomic E-state index is 0.0494. The number of methoxy groups -OCH3 is 2. The summed E-state index contributed by atoms with van der Waals surface area (Å²) in [6, 6.07) is 5.75. The summed E-state index contributed by atoms with van der Waals surface area (Å²) in [4.78, 5) is 13.9. The zero-order chi connectivity index (χ0) is 13.8. The van der Waals surface area contributed by atoms with Gasteiger partial charge in [-0.25, -0.2) is 0 Å². The van der Waals surface area contributed by atoms with E-state index in [0.717, 1.165) is 29.4 Å². The Morgan fingerprint density at radius 3 is 2.84 bits per heavy atom. The van der Waals surface area contributed by atoms with Gasteiger partial charge in [-0.2, -0.15) is 0 Å². The van der Waals surface area contributed by atoms with Crippen LogP contribution in [0.1, 0.15) is 24.3 Å². The van der Waals surface area contributed by atoms with Crippen LogP contribution >= 0.6 is 11.8 Å². The zero-order valence-corrected chi connectivity index (χ0v) is 12.3. The van der Waals surface area contributed by atoms with Gasteiger partial charge in [0.25, 0.3) is 0 Å². The summed E-state index contributed by atoms with van der Waals surface area (Å²) in [5, 5.41) is 0.0494. The molecule has 0 aromatic heterocycles. The molecule has 0 aliphatic carbocycles. The number of rotatable bonds is 4. The van der Waals surface area contributed by atoms with Crippen LogP contribution in [0.5, 0.6) is 11.5 Å². The second-order valence-electron chi connectivity index (χ2n) is 4.27. The highest BCUT2D eigenvalue weighted by Gasteiger charge is 2.31. The van der Waals surface area contributed by atoms with E-state index in [4.69, 9.17) is 9.47 Å². The molecule has 0 spiro atoms. The van der Waals surface area contributed by atoms with Gasteiger partial charge in [-0.15, -0.1) is 11.8 Å². The third kappa shape index (κ3) is 2.81. The van der Waals surface area contributed by atoms with E-state index < -0.39 is 0 Å². The van der Waals surface area contributed by atoms with Crippen molar-refractivity contribution in [2.75, 3.05) is 26.5 Å². The number of thioether (sulfide) groups is 1. The lowest BCUT2D eigenvalue weighted by molar-refractivity contribution is -0.131. The number of nitrogens with zero attached hydrogens (tertiary/aromatic N) is 1. The van der Waals surface area contributed by atoms with Gasteiger partial charge in [0.05, 0.1) is 14.2 Å². The molecular weight excluding hydrogens is 262 g/mol. The van der Waals surface area contributed by atoms with Gasteiger partial charge in [-0.1, -0.05) is 6.92 Å². The lowest BCUT2D eigenvalue weighted by Gasteiger charge is -2.25. The Hall–Kier alpha value is -1.36. The lowest BCUT2D eigenvalue weighted by atomic mass is 10.1. The Bertz CT molecular complexity index is 464. The van der Waals surface area contributed by atoms with Crippen molar-refractivity contribution in [3.63, 3.8) is 0 Å². The van der Waals surface area contributed by atoms with E-state index in [1.165, 1.54) is 0 Å². The number of carbonyl (C=O) groups excluding carboxylic acids is 1. The molecule has 0 N–H and O–H groups in total. The van der Waals surface area contributed by atoms with Crippen molar-refractivity contribution in [3.8, 4) is 11.5 Å². The fraction of sp³-hybridized carbons (Fsp3) is 0.500. The molecule has 1 aromatic carbocycles. The number of hydrogen-bond acceptors (Lipinski definition) is 4. The average molecular weight is 281 g/mol. The summed E-state index contributed by atoms with van der Waals surface area (Å²) in [5.41, 5.74) is 1.03. The summed E-state index contributed by atoms with van der Waals surface area (Å²) in [5.74, 6) is 2.68. The van der Waals surface area contributed by atoms with Crippen LogP contribution in [0.4, 0.5) is 0 Å². The minimum Gasteiger partial charge on any atom is -0.497 e. The highest BCUT2D eigenvalue weighted by molar-refractivity contribution is 7.99. The van der Waals surface area contributed by atoms with E-state index in [9.17, 15) is 4.79 Å². The normalized spacial score (nSPS) is 18.5. The second kappa shape index (κ2) is 6.19. The first-order valence-corrected chi connectivity index (χ1v) is 7.39. The van der Waals surface area contributed by atoms with Crippen LogP contribution in [0.15, 0.2) is 18.2 Å². The summed E-state index contributed by atoms with van der Waals surface area (Å²) >= 11 is 1.77. The standard InChI is InChI=1S/C14H19NO3S/c1-4-13(16)15-7-8-19-14(15)11-6-5-10(17-2)9-12(11)18-3/h5-6,9,14H,4,7-8H2,1-3H3. The number of benzene rings is 1. The predicted octanol–water partition coefficient (Wildman–Crippen LogP) is 2.69. The minimum absolute atomic E-state index is 0.0494. The predicted molar refractivity (Wildman–Crippen MR) is 76.7 cm³/mol. The SMILES string of the molecule is CCC(=O)N1CCSC1c1ccc(OC)cc1OC. The monoisotopic (exact) mass is 281 g/mol. The Morgan fingerprint density at radius 2 is 2.21 bits per heavy atom. The third-order valence-electron chi connectivity index (χ3n) is 3.22. The van der Waals surface area contributed by atoms with E-state index >= 15 is 0 Å². The molecule has 19 heavy (non-hydrogen) atoms. The lowest BCUT2D eigenvalue weighted by Crippen LogP contribution is -2.29. The van der Waals surface area contributed by atoms with Crippen LogP contribution in [0.25, 0.3) is 0 Å². The van der Waals surface area contributed by atoms with Gasteiger partial charge < -0.3 is 14.4 Å². The molecule has 1 aliphatic rings. The first-order valence-electron chi connectivity index (χ1n) is 6.34. The molecule has 0 radical (unpaired) electrons. The maximum Gasteiger partial charge on any atom is 0.223 e. The van der Waals surface area contributed by atoms with Crippen molar-refractivity contribution >= 4 is 17.7 Å². The summed E-state index contributed by atoms with van der Waals surface area (Å²) < 4.78 is 10.6. The molecule has 1 amide bonds. The van der Waals surface area contributed by atoms with E-state index in [1.807, 2.05) is 30.0 Å². The molecule has 0 saturated carbocycles. The van der Waals surface area contributed by atoms with Crippen molar-refractivity contribution in [2.45, 2.75) is 18.7 Å². The van der Waals surface area contributed by atoms with Crippen molar-refractivity contribution < 1.29 is 14.3 Å². The third-order valence-corrected chi connectivity index (χ3v) is 4.46. The van der Waals surface area contributed by atoms with Gasteiger partial charge >= 0.3 is 0 Å². The Labute approximate surface area is 118 Å². The Morgan fingerprint density at radius 1 is 1.42 bits per heavy atom. The number of ether oxygens (including phenoxy) is 2. The van der Waals surface area contributed by atoms with Crippen LogP contribution in [-0.4, -0.2) is 37.3 Å². The van der Waals surface area contributed by atoms with Gasteiger partial charge in [-0.05, 0) is 12.1 Å². The van der Waals surface area contributed by atoms with E-state index in [2.05, 4.69) is 0 Å². The highest BCUT2D eigenvalue weighted by Crippen LogP contribution is 2.43. The first kappa shape index (κ1) is 14.1. The first-order chi connectivity index (χ1) is 9.21. The van der Waals surface area contributed by atoms with Crippen LogP contribution in [0.3, 0.4) is 0 Å². The van der Waals surface area contributed by atoms with Gasteiger partial charge in [0.1, 0.15) is 16.9 Å². The number of amides is 1. The summed E-state index contributed by atoms with van der Waals surface area (Å²) in [6.45, 7) is 2.70. The molecule has 1 aliphatic heterocycles. The molecule has 1 saturated heterocycles. The van der Waals surface area contributed by atoms with E-state index in [-0.39, 0.29) is 11.3 Å². The van der Waals surface area contributed by atoms with E-state index in [1.54, 1.807) is 26.0 Å². The molecule has 1 heterocycles. The van der Waals surface area contributed by atoms with Gasteiger partial charge in [0, 0.05) is 30.3 Å². The second-order valence-corrected chi connectivity index (χ2v) is 5.46. The van der Waals surface area contributed by atoms with Gasteiger partial charge in [0.15, 0.2) is 0 Å². The fourth-order valence-electron chi connectivity index (χ4n) is 2.21. The van der Waals surface area contributed by atoms with Gasteiger partial charge in [-0.3, -0.25) is 4.79 Å². The van der Waals surface area contributed by atoms with Crippen LogP contribution < -0.4 is 9.47 Å². The topological polar surface area (TPSA) is 38.8 Å². The smallest absolute Gasteiger partial charge is 0.223 e. The Balaban J connectivity index is 2.32. The van der Waals surface area contributed by atoms with Crippen LogP contribution in [-0.2, 0) is 4.79 Å². The molecule has 1 aromatic rings. The van der Waals surface area contributed by atoms with Crippen molar-refractivity contribution in [1.82, 2.24) is 4.90 Å². The van der Waals surface area contributed by atoms with Crippen LogP contribution in [0.2, 0.25) is 0 Å². The molecule has 1 unspecified atom stereocenters. The molecule has 104 valence electrons. The summed E-state index contributed by atoms with van der Waals surface area (Å²) in [7, 11) is 3.27. The molecule has 2 rings (SSSR count). The number of hydrogen-bond donors (Lipinski definition) is 0. The largest absolute Gasteiger partial charge is 0.497 e. The van der Waals surface area contributed by atoms with Crippen molar-refractivity contribution in [2.24, 2.45) is 0 Å². The maximum atomic E-state index is 12.0. The fourth-order valence-corrected chi connectivity index (χ4v) is 3.51. The van der Waals surface area contributed by atoms with E-state index in [0.29, 0.717) is 6.42 Å². The zero-order valence-electron chi connectivity index (χ0n) is 11.5. The van der Waals surface area contributed by atoms with Gasteiger partial charge in [0.2, 0.25) is 5.91 Å². The van der Waals surface area contributed by atoms with Crippen LogP contribution in [0, 0.1) is 0 Å². The molecular formula is C14H19NO3S. The quantitative estimate of drug-likeness (QED) is 0.850. The molecule has 1 fully saturated rings. The highest BCUT2D eigenvalue weighted by atomic mass is 32.2. The Kier molecular flexibility index (Phi) is 4.58. The molecule has 0 bridgehead atoms. The maximum absolute atomic E-state index is 12.0. The van der Waals surface area contributed by atoms with Crippen molar-refractivity contribution in [1.29, 1.82) is 0 Å². The average Bonchev–Trinajstić information content (AvgIpc) is 2.94. The molecule has 4 nitrogen and oxygen atoms in total. The summed E-state index contributed by atoms with van der Waals surface area (Å²) in [6.07, 6.45) is 0.537. The molecule has 5 heteroatoms. The van der Waals surface area contributed by atoms with Crippen molar-refractivity contribution in [3.05, 3.63) is 23.8 Å².